The molecule has 184 valence electrons. The van der Waals surface area contributed by atoms with Gasteiger partial charge in [0.25, 0.3) is 10.0 Å². The van der Waals surface area contributed by atoms with E-state index in [-0.39, 0.29) is 17.4 Å². The van der Waals surface area contributed by atoms with E-state index in [1.54, 1.807) is 55.8 Å². The van der Waals surface area contributed by atoms with Crippen LogP contribution in [0.3, 0.4) is 0 Å². The number of guanidine groups is 1. The number of rotatable bonds is 7. The fourth-order valence-electron chi connectivity index (χ4n) is 3.52. The zero-order valence-corrected chi connectivity index (χ0v) is 21.5. The average Bonchev–Trinajstić information content (AvgIpc) is 2.88. The van der Waals surface area contributed by atoms with Crippen molar-refractivity contribution < 1.29 is 13.2 Å². The Labute approximate surface area is 219 Å². The van der Waals surface area contributed by atoms with Crippen molar-refractivity contribution in [2.24, 2.45) is 10.7 Å². The summed E-state index contributed by atoms with van der Waals surface area (Å²) in [6.45, 7) is 0.106. The van der Waals surface area contributed by atoms with E-state index in [4.69, 9.17) is 33.7 Å². The van der Waals surface area contributed by atoms with E-state index >= 15 is 0 Å². The van der Waals surface area contributed by atoms with Crippen molar-refractivity contribution in [3.63, 3.8) is 0 Å². The zero-order chi connectivity index (χ0) is 25.7. The molecule has 0 saturated heterocycles. The molecule has 1 heterocycles. The van der Waals surface area contributed by atoms with Gasteiger partial charge >= 0.3 is 0 Å². The summed E-state index contributed by atoms with van der Waals surface area (Å²) in [5.74, 6) is 0.353. The second kappa shape index (κ2) is 11.0. The van der Waals surface area contributed by atoms with Gasteiger partial charge in [-0.1, -0.05) is 53.5 Å². The highest BCUT2D eigenvalue weighted by Crippen LogP contribution is 2.38. The van der Waals surface area contributed by atoms with Crippen LogP contribution >= 0.6 is 23.2 Å². The molecule has 4 aromatic rings. The number of sulfonamides is 1. The van der Waals surface area contributed by atoms with Gasteiger partial charge in [-0.2, -0.15) is 0 Å². The monoisotopic (exact) mass is 540 g/mol. The van der Waals surface area contributed by atoms with E-state index < -0.39 is 10.0 Å². The second-order valence-corrected chi connectivity index (χ2v) is 10.3. The van der Waals surface area contributed by atoms with Gasteiger partial charge in [-0.3, -0.25) is 4.98 Å². The minimum Gasteiger partial charge on any atom is -0.496 e. The molecular formula is C26H22Cl2N4O3S. The van der Waals surface area contributed by atoms with E-state index in [1.807, 2.05) is 24.3 Å². The molecule has 0 aliphatic rings. The smallest absolute Gasteiger partial charge is 0.264 e. The van der Waals surface area contributed by atoms with Crippen molar-refractivity contribution in [1.29, 1.82) is 0 Å². The molecule has 0 aliphatic carbocycles. The largest absolute Gasteiger partial charge is 0.496 e. The minimum absolute atomic E-state index is 0.0936. The Bertz CT molecular complexity index is 1510. The lowest BCUT2D eigenvalue weighted by Crippen LogP contribution is -2.36. The first-order valence-corrected chi connectivity index (χ1v) is 13.0. The maximum Gasteiger partial charge on any atom is 0.264 e. The van der Waals surface area contributed by atoms with Gasteiger partial charge in [-0.05, 0) is 59.7 Å². The van der Waals surface area contributed by atoms with Crippen molar-refractivity contribution in [3.05, 3.63) is 101 Å². The number of hydrogen-bond donors (Lipinski definition) is 2. The van der Waals surface area contributed by atoms with Crippen molar-refractivity contribution >= 4 is 39.2 Å². The van der Waals surface area contributed by atoms with Crippen LogP contribution in [0.2, 0.25) is 10.0 Å². The van der Waals surface area contributed by atoms with Crippen LogP contribution in [-0.4, -0.2) is 26.5 Å². The summed E-state index contributed by atoms with van der Waals surface area (Å²) < 4.78 is 32.8. The number of halogens is 2. The van der Waals surface area contributed by atoms with Gasteiger partial charge in [-0.25, -0.2) is 18.1 Å². The standard InChI is InChI=1S/C26H22Cl2N4O3S/c1-35-24-14-20(28)11-12-22(24)25-23(18-7-9-19(27)10-8-18)13-17(15-30-25)16-31-26(29)32-36(33,34)21-5-3-2-4-6-21/h2-15H,16H2,1H3,(H3,29,31,32). The molecule has 36 heavy (non-hydrogen) atoms. The van der Waals surface area contributed by atoms with Gasteiger partial charge in [-0.15, -0.1) is 0 Å². The number of hydrogen-bond acceptors (Lipinski definition) is 5. The van der Waals surface area contributed by atoms with Gasteiger partial charge < -0.3 is 10.5 Å². The third-order valence-electron chi connectivity index (χ3n) is 5.24. The third kappa shape index (κ3) is 5.96. The van der Waals surface area contributed by atoms with Crippen LogP contribution < -0.4 is 15.2 Å². The van der Waals surface area contributed by atoms with Crippen LogP contribution in [0.15, 0.2) is 94.9 Å². The number of benzene rings is 3. The maximum absolute atomic E-state index is 12.5. The molecule has 0 amide bonds. The van der Waals surface area contributed by atoms with Gasteiger partial charge in [0.1, 0.15) is 5.75 Å². The van der Waals surface area contributed by atoms with Crippen LogP contribution in [0.1, 0.15) is 5.56 Å². The van der Waals surface area contributed by atoms with E-state index in [9.17, 15) is 8.42 Å². The highest BCUT2D eigenvalue weighted by molar-refractivity contribution is 7.90. The number of nitrogens with one attached hydrogen (secondary N) is 1. The number of aliphatic imine (C=N–C) groups is 1. The summed E-state index contributed by atoms with van der Waals surface area (Å²) in [6.07, 6.45) is 1.66. The van der Waals surface area contributed by atoms with Crippen molar-refractivity contribution in [3.8, 4) is 28.1 Å². The van der Waals surface area contributed by atoms with Gasteiger partial charge in [0.2, 0.25) is 5.96 Å². The zero-order valence-electron chi connectivity index (χ0n) is 19.2. The van der Waals surface area contributed by atoms with Crippen molar-refractivity contribution in [2.75, 3.05) is 7.11 Å². The molecule has 0 aliphatic heterocycles. The molecule has 0 atom stereocenters. The van der Waals surface area contributed by atoms with E-state index in [1.165, 1.54) is 12.1 Å². The molecule has 0 unspecified atom stereocenters. The predicted molar refractivity (Wildman–Crippen MR) is 144 cm³/mol. The van der Waals surface area contributed by atoms with Gasteiger partial charge in [0, 0.05) is 27.4 Å². The lowest BCUT2D eigenvalue weighted by Gasteiger charge is -2.14. The van der Waals surface area contributed by atoms with Crippen LogP contribution in [0, 0.1) is 0 Å². The van der Waals surface area contributed by atoms with Crippen LogP contribution in [0.25, 0.3) is 22.4 Å². The predicted octanol–water partition coefficient (Wildman–Crippen LogP) is 5.52. The Kier molecular flexibility index (Phi) is 7.79. The molecule has 4 rings (SSSR count). The topological polar surface area (TPSA) is 107 Å². The molecule has 1 aromatic heterocycles. The van der Waals surface area contributed by atoms with Gasteiger partial charge in [0.05, 0.1) is 24.2 Å². The SMILES string of the molecule is COc1cc(Cl)ccc1-c1ncc(CN=C(N)NS(=O)(=O)c2ccccc2)cc1-c1ccc(Cl)cc1. The quantitative estimate of drug-likeness (QED) is 0.237. The summed E-state index contributed by atoms with van der Waals surface area (Å²) >= 11 is 12.2. The van der Waals surface area contributed by atoms with Crippen LogP contribution in [0.4, 0.5) is 0 Å². The summed E-state index contributed by atoms with van der Waals surface area (Å²) in [4.78, 5) is 8.98. The lowest BCUT2D eigenvalue weighted by atomic mass is 9.97. The van der Waals surface area contributed by atoms with Crippen LogP contribution in [0.5, 0.6) is 5.75 Å². The molecule has 0 radical (unpaired) electrons. The maximum atomic E-state index is 12.5. The molecule has 7 nitrogen and oxygen atoms in total. The number of nitrogens with zero attached hydrogens (tertiary/aromatic N) is 2. The average molecular weight is 541 g/mol. The highest BCUT2D eigenvalue weighted by atomic mass is 35.5. The van der Waals surface area contributed by atoms with Crippen LogP contribution in [-0.2, 0) is 16.6 Å². The minimum atomic E-state index is -3.83. The first-order valence-electron chi connectivity index (χ1n) is 10.7. The number of methoxy groups -OCH3 is 1. The molecule has 0 spiro atoms. The fraction of sp³-hybridized carbons (Fsp3) is 0.0769. The molecule has 10 heteroatoms. The van der Waals surface area contributed by atoms with Crippen molar-refractivity contribution in [2.45, 2.75) is 11.4 Å². The second-order valence-electron chi connectivity index (χ2n) is 7.71. The number of aromatic nitrogens is 1. The summed E-state index contributed by atoms with van der Waals surface area (Å²) in [7, 11) is -2.26. The number of pyridine rings is 1. The lowest BCUT2D eigenvalue weighted by molar-refractivity contribution is 0.416. The Morgan fingerprint density at radius 3 is 2.36 bits per heavy atom. The summed E-state index contributed by atoms with van der Waals surface area (Å²) in [5.41, 5.74) is 9.72. The highest BCUT2D eigenvalue weighted by Gasteiger charge is 2.16. The van der Waals surface area contributed by atoms with Crippen molar-refractivity contribution in [1.82, 2.24) is 9.71 Å². The first kappa shape index (κ1) is 25.5. The number of ether oxygens (including phenoxy) is 1. The third-order valence-corrected chi connectivity index (χ3v) is 7.10. The normalized spacial score (nSPS) is 11.8. The van der Waals surface area contributed by atoms with E-state index in [2.05, 4.69) is 14.7 Å². The fourth-order valence-corrected chi connectivity index (χ4v) is 4.79. The molecule has 0 saturated carbocycles. The van der Waals surface area contributed by atoms with E-state index in [0.29, 0.717) is 21.5 Å². The Morgan fingerprint density at radius 2 is 1.67 bits per heavy atom. The Morgan fingerprint density at radius 1 is 0.972 bits per heavy atom. The first-order chi connectivity index (χ1) is 17.3. The van der Waals surface area contributed by atoms with E-state index in [0.717, 1.165) is 22.3 Å². The van der Waals surface area contributed by atoms with Gasteiger partial charge in [0.15, 0.2) is 0 Å². The summed E-state index contributed by atoms with van der Waals surface area (Å²) in [6, 6.07) is 22.6. The molecule has 0 fully saturated rings. The number of nitrogens with two attached hydrogens (primary N) is 1. The summed E-state index contributed by atoms with van der Waals surface area (Å²) in [5, 5.41) is 1.15. The Hall–Kier alpha value is -3.59. The molecular weight excluding hydrogens is 519 g/mol. The molecule has 3 aromatic carbocycles. The molecule has 0 bridgehead atoms. The Balaban J connectivity index is 1.68. The molecule has 3 N–H and O–H groups in total.